The molecule has 3 heterocycles. The first kappa shape index (κ1) is 16.7. The van der Waals surface area contributed by atoms with Crippen LogP contribution in [0.1, 0.15) is 30.1 Å². The highest BCUT2D eigenvalue weighted by molar-refractivity contribution is 6.07. The van der Waals surface area contributed by atoms with Gasteiger partial charge in [-0.3, -0.25) is 9.78 Å². The minimum absolute atomic E-state index is 0.0322. The van der Waals surface area contributed by atoms with Crippen LogP contribution in [0.15, 0.2) is 54.7 Å². The third-order valence-electron chi connectivity index (χ3n) is 4.77. The minimum atomic E-state index is -0.108. The van der Waals surface area contributed by atoms with Gasteiger partial charge in [0.25, 0.3) is 5.91 Å². The fraction of sp³-hybridized carbons (Fsp3) is 0.286. The number of aromatic nitrogens is 2. The molecule has 3 aromatic rings. The topological polar surface area (TPSA) is 64.1 Å². The number of pyridine rings is 2. The Labute approximate surface area is 152 Å². The summed E-state index contributed by atoms with van der Waals surface area (Å²) >= 11 is 0. The number of benzene rings is 1. The number of rotatable bonds is 4. The normalized spacial score (nSPS) is 18.0. The van der Waals surface area contributed by atoms with Crippen molar-refractivity contribution < 1.29 is 9.53 Å². The van der Waals surface area contributed by atoms with Crippen LogP contribution in [-0.2, 0) is 4.74 Å². The van der Waals surface area contributed by atoms with E-state index in [1.165, 1.54) is 0 Å². The van der Waals surface area contributed by atoms with E-state index < -0.39 is 0 Å². The van der Waals surface area contributed by atoms with Crippen LogP contribution in [0, 0.1) is 0 Å². The van der Waals surface area contributed by atoms with E-state index in [4.69, 9.17) is 4.74 Å². The Kier molecular flexibility index (Phi) is 4.63. The lowest BCUT2D eigenvalue weighted by atomic mass is 10.0. The van der Waals surface area contributed by atoms with Crippen LogP contribution in [0.2, 0.25) is 0 Å². The van der Waals surface area contributed by atoms with Crippen LogP contribution < -0.4 is 5.32 Å². The Bertz CT molecular complexity index is 921. The SMILES string of the molecule is C[C@H](NC(=O)c1cc(-c2ccccn2)nc2ccccc12)[C@H]1CCCO1. The average Bonchev–Trinajstić information content (AvgIpc) is 3.23. The van der Waals surface area contributed by atoms with Gasteiger partial charge < -0.3 is 10.1 Å². The molecule has 0 saturated carbocycles. The zero-order valence-corrected chi connectivity index (χ0v) is 14.7. The molecule has 1 aliphatic rings. The van der Waals surface area contributed by atoms with Crippen LogP contribution in [0.4, 0.5) is 0 Å². The molecule has 0 unspecified atom stereocenters. The summed E-state index contributed by atoms with van der Waals surface area (Å²) in [6.45, 7) is 2.77. The summed E-state index contributed by atoms with van der Waals surface area (Å²) < 4.78 is 5.69. The Balaban J connectivity index is 1.71. The summed E-state index contributed by atoms with van der Waals surface area (Å²) in [6, 6.07) is 15.2. The molecule has 0 bridgehead atoms. The molecule has 4 rings (SSSR count). The standard InChI is InChI=1S/C21H21N3O2/c1-14(20-10-6-12-26-20)23-21(25)16-13-19(18-9-4-5-11-22-18)24-17-8-3-2-7-15(16)17/h2-5,7-9,11,13-14,20H,6,10,12H2,1H3,(H,23,25)/t14-,20+/m0/s1. The number of nitrogens with one attached hydrogen (secondary N) is 1. The molecule has 5 heteroatoms. The molecule has 26 heavy (non-hydrogen) atoms. The third kappa shape index (κ3) is 3.30. The highest BCUT2D eigenvalue weighted by atomic mass is 16.5. The smallest absolute Gasteiger partial charge is 0.252 e. The lowest BCUT2D eigenvalue weighted by Crippen LogP contribution is -2.40. The largest absolute Gasteiger partial charge is 0.376 e. The van der Waals surface area contributed by atoms with E-state index in [0.29, 0.717) is 11.3 Å². The van der Waals surface area contributed by atoms with Crippen molar-refractivity contribution >= 4 is 16.8 Å². The van der Waals surface area contributed by atoms with Gasteiger partial charge in [0, 0.05) is 18.2 Å². The molecule has 0 radical (unpaired) electrons. The molecule has 1 aliphatic heterocycles. The number of para-hydroxylation sites is 1. The molecule has 2 aromatic heterocycles. The van der Waals surface area contributed by atoms with Crippen molar-refractivity contribution in [2.45, 2.75) is 31.9 Å². The van der Waals surface area contributed by atoms with Crippen molar-refractivity contribution in [1.29, 1.82) is 0 Å². The molecule has 1 fully saturated rings. The van der Waals surface area contributed by atoms with Crippen LogP contribution in [0.5, 0.6) is 0 Å². The first-order valence-electron chi connectivity index (χ1n) is 8.96. The van der Waals surface area contributed by atoms with Crippen molar-refractivity contribution in [2.24, 2.45) is 0 Å². The van der Waals surface area contributed by atoms with Gasteiger partial charge in [-0.2, -0.15) is 0 Å². The van der Waals surface area contributed by atoms with E-state index in [1.54, 1.807) is 6.20 Å². The first-order valence-corrected chi connectivity index (χ1v) is 8.96. The number of hydrogen-bond acceptors (Lipinski definition) is 4. The van der Waals surface area contributed by atoms with Crippen molar-refractivity contribution in [1.82, 2.24) is 15.3 Å². The number of nitrogens with zero attached hydrogens (tertiary/aromatic N) is 2. The van der Waals surface area contributed by atoms with Gasteiger partial charge in [-0.05, 0) is 44.0 Å². The second kappa shape index (κ2) is 7.22. The van der Waals surface area contributed by atoms with Crippen molar-refractivity contribution in [3.63, 3.8) is 0 Å². The molecular weight excluding hydrogens is 326 g/mol. The maximum Gasteiger partial charge on any atom is 0.252 e. The zero-order chi connectivity index (χ0) is 17.9. The molecular formula is C21H21N3O2. The molecule has 2 atom stereocenters. The van der Waals surface area contributed by atoms with Gasteiger partial charge in [-0.15, -0.1) is 0 Å². The Morgan fingerprint density at radius 3 is 2.81 bits per heavy atom. The summed E-state index contributed by atoms with van der Waals surface area (Å²) in [5.41, 5.74) is 2.84. The Morgan fingerprint density at radius 1 is 1.19 bits per heavy atom. The van der Waals surface area contributed by atoms with E-state index in [0.717, 1.165) is 36.0 Å². The Hall–Kier alpha value is -2.79. The van der Waals surface area contributed by atoms with Crippen molar-refractivity contribution in [2.75, 3.05) is 6.61 Å². The van der Waals surface area contributed by atoms with E-state index in [-0.39, 0.29) is 18.1 Å². The van der Waals surface area contributed by atoms with Crippen LogP contribution >= 0.6 is 0 Å². The monoisotopic (exact) mass is 347 g/mol. The number of carbonyl (C=O) groups is 1. The van der Waals surface area contributed by atoms with Crippen LogP contribution in [0.25, 0.3) is 22.3 Å². The number of fused-ring (bicyclic) bond motifs is 1. The predicted molar refractivity (Wildman–Crippen MR) is 101 cm³/mol. The summed E-state index contributed by atoms with van der Waals surface area (Å²) in [7, 11) is 0. The predicted octanol–water partition coefficient (Wildman–Crippen LogP) is 3.59. The highest BCUT2D eigenvalue weighted by Gasteiger charge is 2.25. The molecule has 1 saturated heterocycles. The van der Waals surface area contributed by atoms with Gasteiger partial charge in [0.05, 0.1) is 34.6 Å². The Morgan fingerprint density at radius 2 is 2.04 bits per heavy atom. The second-order valence-corrected chi connectivity index (χ2v) is 6.60. The van der Waals surface area contributed by atoms with E-state index in [9.17, 15) is 4.79 Å². The quantitative estimate of drug-likeness (QED) is 0.783. The second-order valence-electron chi connectivity index (χ2n) is 6.60. The van der Waals surface area contributed by atoms with Gasteiger partial charge in [0.15, 0.2) is 0 Å². The molecule has 0 aliphatic carbocycles. The van der Waals surface area contributed by atoms with Gasteiger partial charge in [0.2, 0.25) is 0 Å². The third-order valence-corrected chi connectivity index (χ3v) is 4.77. The van der Waals surface area contributed by atoms with Gasteiger partial charge in [0.1, 0.15) is 0 Å². The average molecular weight is 347 g/mol. The summed E-state index contributed by atoms with van der Waals surface area (Å²) in [4.78, 5) is 22.0. The first-order chi connectivity index (χ1) is 12.7. The van der Waals surface area contributed by atoms with Gasteiger partial charge in [-0.1, -0.05) is 24.3 Å². The summed E-state index contributed by atoms with van der Waals surface area (Å²) in [6.07, 6.45) is 3.85. The number of ether oxygens (including phenoxy) is 1. The molecule has 132 valence electrons. The summed E-state index contributed by atoms with van der Waals surface area (Å²) in [5, 5.41) is 3.93. The number of amides is 1. The maximum atomic E-state index is 13.0. The molecule has 1 N–H and O–H groups in total. The maximum absolute atomic E-state index is 13.0. The van der Waals surface area contributed by atoms with E-state index >= 15 is 0 Å². The van der Waals surface area contributed by atoms with Crippen molar-refractivity contribution in [3.05, 3.63) is 60.3 Å². The fourth-order valence-electron chi connectivity index (χ4n) is 3.38. The van der Waals surface area contributed by atoms with E-state index in [1.807, 2.05) is 55.5 Å². The van der Waals surface area contributed by atoms with Gasteiger partial charge in [-0.25, -0.2) is 4.98 Å². The van der Waals surface area contributed by atoms with Crippen LogP contribution in [-0.4, -0.2) is 34.6 Å². The lowest BCUT2D eigenvalue weighted by Gasteiger charge is -2.20. The zero-order valence-electron chi connectivity index (χ0n) is 14.7. The van der Waals surface area contributed by atoms with Gasteiger partial charge >= 0.3 is 0 Å². The molecule has 5 nitrogen and oxygen atoms in total. The van der Waals surface area contributed by atoms with Crippen LogP contribution in [0.3, 0.4) is 0 Å². The number of hydrogen-bond donors (Lipinski definition) is 1. The lowest BCUT2D eigenvalue weighted by molar-refractivity contribution is 0.0713. The summed E-state index contributed by atoms with van der Waals surface area (Å²) in [5.74, 6) is -0.108. The highest BCUT2D eigenvalue weighted by Crippen LogP contribution is 2.24. The molecule has 1 amide bonds. The fourth-order valence-corrected chi connectivity index (χ4v) is 3.38. The number of carbonyl (C=O) groups excluding carboxylic acids is 1. The van der Waals surface area contributed by atoms with Crippen molar-refractivity contribution in [3.8, 4) is 11.4 Å². The molecule has 0 spiro atoms. The molecule has 1 aromatic carbocycles. The minimum Gasteiger partial charge on any atom is -0.376 e. The van der Waals surface area contributed by atoms with E-state index in [2.05, 4.69) is 15.3 Å².